The minimum Gasteiger partial charge on any atom is -0.361 e. The molecule has 8 heteroatoms. The number of aromatic nitrogens is 2. The molecule has 0 aromatic carbocycles. The highest BCUT2D eigenvalue weighted by atomic mass is 127. The summed E-state index contributed by atoms with van der Waals surface area (Å²) in [6, 6.07) is 1.97. The van der Waals surface area contributed by atoms with Crippen molar-refractivity contribution >= 4 is 29.9 Å². The number of rotatable bonds is 7. The van der Waals surface area contributed by atoms with Crippen molar-refractivity contribution in [2.45, 2.75) is 53.0 Å². The Labute approximate surface area is 166 Å². The molecule has 2 N–H and O–H groups in total. The molecule has 0 spiro atoms. The van der Waals surface area contributed by atoms with E-state index in [4.69, 9.17) is 9.05 Å². The molecule has 25 heavy (non-hydrogen) atoms. The number of hydrogen-bond donors (Lipinski definition) is 2. The molecule has 0 aliphatic carbocycles. The Morgan fingerprint density at radius 3 is 2.52 bits per heavy atom. The van der Waals surface area contributed by atoms with Gasteiger partial charge in [0.2, 0.25) is 0 Å². The van der Waals surface area contributed by atoms with Crippen LogP contribution in [0.25, 0.3) is 0 Å². The molecule has 0 saturated carbocycles. The normalized spacial score (nSPS) is 11.5. The van der Waals surface area contributed by atoms with Gasteiger partial charge < -0.3 is 19.7 Å². The molecule has 0 atom stereocenters. The van der Waals surface area contributed by atoms with Gasteiger partial charge >= 0.3 is 0 Å². The summed E-state index contributed by atoms with van der Waals surface area (Å²) < 4.78 is 10.5. The SMILES string of the molecule is CN=C(NCCCc1c(C)noc1C)NCc1cc(C(C)C)no1.I. The fourth-order valence-corrected chi connectivity index (χ4v) is 2.41. The van der Waals surface area contributed by atoms with Gasteiger partial charge in [-0.15, -0.1) is 24.0 Å². The lowest BCUT2D eigenvalue weighted by Gasteiger charge is -2.10. The van der Waals surface area contributed by atoms with Crippen LogP contribution in [0.2, 0.25) is 0 Å². The predicted molar refractivity (Wildman–Crippen MR) is 109 cm³/mol. The van der Waals surface area contributed by atoms with Gasteiger partial charge in [-0.3, -0.25) is 4.99 Å². The number of guanidine groups is 1. The van der Waals surface area contributed by atoms with Crippen LogP contribution >= 0.6 is 24.0 Å². The monoisotopic (exact) mass is 461 g/mol. The Bertz CT molecular complexity index is 659. The first kappa shape index (κ1) is 21.5. The standard InChI is InChI=1S/C17H27N5O2.HI/c1-11(2)16-9-14(24-22-16)10-20-17(18-5)19-8-6-7-15-12(3)21-23-13(15)4;/h9,11H,6-8,10H2,1-5H3,(H2,18,19,20);1H. The summed E-state index contributed by atoms with van der Waals surface area (Å²) in [4.78, 5) is 4.22. The quantitative estimate of drug-likeness (QED) is 0.285. The van der Waals surface area contributed by atoms with Gasteiger partial charge in [-0.1, -0.05) is 24.2 Å². The molecule has 2 aromatic heterocycles. The molecular weight excluding hydrogens is 433 g/mol. The maximum Gasteiger partial charge on any atom is 0.191 e. The molecule has 2 aromatic rings. The van der Waals surface area contributed by atoms with Crippen LogP contribution in [0.4, 0.5) is 0 Å². The van der Waals surface area contributed by atoms with E-state index >= 15 is 0 Å². The highest BCUT2D eigenvalue weighted by Crippen LogP contribution is 2.14. The molecule has 0 radical (unpaired) electrons. The van der Waals surface area contributed by atoms with Crippen LogP contribution in [-0.2, 0) is 13.0 Å². The first-order valence-electron chi connectivity index (χ1n) is 8.33. The summed E-state index contributed by atoms with van der Waals surface area (Å²) in [6.07, 6.45) is 1.91. The minimum absolute atomic E-state index is 0. The molecule has 0 amide bonds. The van der Waals surface area contributed by atoms with E-state index in [2.05, 4.69) is 39.8 Å². The van der Waals surface area contributed by atoms with Crippen LogP contribution < -0.4 is 10.6 Å². The summed E-state index contributed by atoms with van der Waals surface area (Å²) >= 11 is 0. The van der Waals surface area contributed by atoms with Crippen molar-refractivity contribution in [2.75, 3.05) is 13.6 Å². The summed E-state index contributed by atoms with van der Waals surface area (Å²) in [5.41, 5.74) is 3.14. The second-order valence-electron chi connectivity index (χ2n) is 6.13. The zero-order chi connectivity index (χ0) is 17.5. The third-order valence-electron chi connectivity index (χ3n) is 3.90. The van der Waals surface area contributed by atoms with Crippen LogP contribution in [0, 0.1) is 13.8 Å². The molecule has 0 fully saturated rings. The van der Waals surface area contributed by atoms with E-state index < -0.39 is 0 Å². The van der Waals surface area contributed by atoms with Crippen LogP contribution in [-0.4, -0.2) is 29.9 Å². The summed E-state index contributed by atoms with van der Waals surface area (Å²) in [5, 5.41) is 14.6. The highest BCUT2D eigenvalue weighted by molar-refractivity contribution is 14.0. The lowest BCUT2D eigenvalue weighted by Crippen LogP contribution is -2.37. The van der Waals surface area contributed by atoms with Crippen LogP contribution in [0.5, 0.6) is 0 Å². The van der Waals surface area contributed by atoms with Crippen molar-refractivity contribution < 1.29 is 9.05 Å². The van der Waals surface area contributed by atoms with Crippen LogP contribution in [0.3, 0.4) is 0 Å². The Hall–Kier alpha value is -1.58. The second-order valence-corrected chi connectivity index (χ2v) is 6.13. The maximum absolute atomic E-state index is 5.31. The molecule has 2 heterocycles. The predicted octanol–water partition coefficient (Wildman–Crippen LogP) is 3.32. The molecule has 140 valence electrons. The van der Waals surface area contributed by atoms with E-state index in [-0.39, 0.29) is 24.0 Å². The number of aryl methyl sites for hydroxylation is 2. The van der Waals surface area contributed by atoms with Gasteiger partial charge in [-0.25, -0.2) is 0 Å². The Balaban J connectivity index is 0.00000312. The molecular formula is C17H28IN5O2. The highest BCUT2D eigenvalue weighted by Gasteiger charge is 2.09. The fraction of sp³-hybridized carbons (Fsp3) is 0.588. The molecule has 0 aliphatic heterocycles. The van der Waals surface area contributed by atoms with Gasteiger partial charge in [0.05, 0.1) is 17.9 Å². The van der Waals surface area contributed by atoms with E-state index in [1.807, 2.05) is 19.9 Å². The second kappa shape index (κ2) is 10.4. The van der Waals surface area contributed by atoms with Gasteiger partial charge in [0, 0.05) is 25.2 Å². The molecule has 0 bridgehead atoms. The number of halogens is 1. The topological polar surface area (TPSA) is 88.5 Å². The van der Waals surface area contributed by atoms with Crippen molar-refractivity contribution in [1.82, 2.24) is 20.9 Å². The van der Waals surface area contributed by atoms with Gasteiger partial charge in [-0.05, 0) is 32.6 Å². The van der Waals surface area contributed by atoms with Crippen molar-refractivity contribution in [3.05, 3.63) is 34.5 Å². The molecule has 0 saturated heterocycles. The van der Waals surface area contributed by atoms with Gasteiger partial charge in [0.25, 0.3) is 0 Å². The van der Waals surface area contributed by atoms with Crippen LogP contribution in [0.1, 0.15) is 54.7 Å². The van der Waals surface area contributed by atoms with Gasteiger partial charge in [-0.2, -0.15) is 0 Å². The van der Waals surface area contributed by atoms with Crippen molar-refractivity contribution in [1.29, 1.82) is 0 Å². The van der Waals surface area contributed by atoms with Gasteiger partial charge in [0.1, 0.15) is 5.76 Å². The van der Waals surface area contributed by atoms with Crippen molar-refractivity contribution in [3.8, 4) is 0 Å². The average molecular weight is 461 g/mol. The summed E-state index contributed by atoms with van der Waals surface area (Å²) in [6.45, 7) is 9.48. The van der Waals surface area contributed by atoms with E-state index in [0.29, 0.717) is 12.5 Å². The minimum atomic E-state index is 0. The maximum atomic E-state index is 5.31. The molecule has 7 nitrogen and oxygen atoms in total. The largest absolute Gasteiger partial charge is 0.361 e. The third kappa shape index (κ3) is 6.33. The zero-order valence-corrected chi connectivity index (χ0v) is 17.9. The number of aliphatic imine (C=N–C) groups is 1. The Kier molecular flexibility index (Phi) is 8.95. The Morgan fingerprint density at radius 1 is 1.20 bits per heavy atom. The van der Waals surface area contributed by atoms with Crippen LogP contribution in [0.15, 0.2) is 20.1 Å². The molecule has 2 rings (SSSR count). The lowest BCUT2D eigenvalue weighted by atomic mass is 10.1. The van der Waals surface area contributed by atoms with Crippen molar-refractivity contribution in [2.24, 2.45) is 4.99 Å². The number of nitrogens with zero attached hydrogens (tertiary/aromatic N) is 3. The van der Waals surface area contributed by atoms with Gasteiger partial charge in [0.15, 0.2) is 11.7 Å². The molecule has 0 unspecified atom stereocenters. The fourth-order valence-electron chi connectivity index (χ4n) is 2.41. The smallest absolute Gasteiger partial charge is 0.191 e. The first-order valence-corrected chi connectivity index (χ1v) is 8.33. The third-order valence-corrected chi connectivity index (χ3v) is 3.90. The van der Waals surface area contributed by atoms with E-state index in [0.717, 1.165) is 48.3 Å². The lowest BCUT2D eigenvalue weighted by molar-refractivity contribution is 0.372. The number of nitrogens with one attached hydrogen (secondary N) is 2. The summed E-state index contributed by atoms with van der Waals surface area (Å²) in [5.74, 6) is 2.82. The number of hydrogen-bond acceptors (Lipinski definition) is 5. The zero-order valence-electron chi connectivity index (χ0n) is 15.5. The first-order chi connectivity index (χ1) is 11.5. The van der Waals surface area contributed by atoms with E-state index in [1.165, 1.54) is 5.56 Å². The van der Waals surface area contributed by atoms with E-state index in [1.54, 1.807) is 7.05 Å². The van der Waals surface area contributed by atoms with Crippen molar-refractivity contribution in [3.63, 3.8) is 0 Å². The average Bonchev–Trinajstić information content (AvgIpc) is 3.15. The molecule has 0 aliphatic rings. The summed E-state index contributed by atoms with van der Waals surface area (Å²) in [7, 11) is 1.75. The Morgan fingerprint density at radius 2 is 1.96 bits per heavy atom. The van der Waals surface area contributed by atoms with E-state index in [9.17, 15) is 0 Å².